The number of carbonyl (C=O) groups excluding carboxylic acids is 1. The number of rotatable bonds is 3. The third kappa shape index (κ3) is 3.23. The molecule has 1 aliphatic heterocycles. The highest BCUT2D eigenvalue weighted by atomic mass is 79.9. The molecule has 6 heteroatoms. The van der Waals surface area contributed by atoms with Gasteiger partial charge >= 0.3 is 5.97 Å². The highest BCUT2D eigenvalue weighted by Gasteiger charge is 2.22. The molecule has 0 saturated carbocycles. The molecule has 0 amide bonds. The molecule has 110 valence electrons. The van der Waals surface area contributed by atoms with Crippen molar-refractivity contribution < 1.29 is 14.3 Å². The second kappa shape index (κ2) is 6.92. The number of nitrogens with zero attached hydrogens (tertiary/aromatic N) is 2. The Labute approximate surface area is 127 Å². The number of esters is 1. The van der Waals surface area contributed by atoms with Crippen LogP contribution in [0.5, 0.6) is 5.88 Å². The Morgan fingerprint density at radius 1 is 1.25 bits per heavy atom. The largest absolute Gasteiger partial charge is 0.480 e. The van der Waals surface area contributed by atoms with Crippen LogP contribution >= 0.6 is 15.9 Å². The van der Waals surface area contributed by atoms with Crippen LogP contribution in [0.2, 0.25) is 0 Å². The van der Waals surface area contributed by atoms with Crippen molar-refractivity contribution >= 4 is 27.7 Å². The third-order valence-corrected chi connectivity index (χ3v) is 4.00. The van der Waals surface area contributed by atoms with Crippen LogP contribution in [0.25, 0.3) is 0 Å². The standard InChI is InChI=1S/C14H19BrN2O3/c1-19-13-11(15)9-10(14(18)20-2)12(16-13)17-7-5-3-4-6-8-17/h9H,3-8H2,1-2H3. The molecule has 0 atom stereocenters. The summed E-state index contributed by atoms with van der Waals surface area (Å²) in [7, 11) is 2.95. The van der Waals surface area contributed by atoms with E-state index in [-0.39, 0.29) is 5.97 Å². The summed E-state index contributed by atoms with van der Waals surface area (Å²) in [5.41, 5.74) is 0.474. The number of methoxy groups -OCH3 is 2. The van der Waals surface area contributed by atoms with Gasteiger partial charge in [0.2, 0.25) is 5.88 Å². The van der Waals surface area contributed by atoms with Gasteiger partial charge in [0.05, 0.1) is 18.7 Å². The molecular weight excluding hydrogens is 324 g/mol. The lowest BCUT2D eigenvalue weighted by Gasteiger charge is -2.24. The number of pyridine rings is 1. The van der Waals surface area contributed by atoms with Crippen LogP contribution in [-0.2, 0) is 4.74 Å². The Bertz CT molecular complexity index is 486. The Morgan fingerprint density at radius 3 is 2.45 bits per heavy atom. The predicted molar refractivity (Wildman–Crippen MR) is 80.5 cm³/mol. The number of halogens is 1. The Morgan fingerprint density at radius 2 is 1.90 bits per heavy atom. The first-order chi connectivity index (χ1) is 9.67. The third-order valence-electron chi connectivity index (χ3n) is 3.43. The van der Waals surface area contributed by atoms with Gasteiger partial charge in [-0.25, -0.2) is 4.79 Å². The molecule has 20 heavy (non-hydrogen) atoms. The van der Waals surface area contributed by atoms with E-state index in [1.807, 2.05) is 0 Å². The summed E-state index contributed by atoms with van der Waals surface area (Å²) in [6.07, 6.45) is 4.66. The number of ether oxygens (including phenoxy) is 2. The molecule has 0 aromatic carbocycles. The maximum atomic E-state index is 12.0. The smallest absolute Gasteiger partial charge is 0.341 e. The van der Waals surface area contributed by atoms with Crippen molar-refractivity contribution in [1.82, 2.24) is 4.98 Å². The second-order valence-electron chi connectivity index (χ2n) is 4.74. The highest BCUT2D eigenvalue weighted by molar-refractivity contribution is 9.10. The summed E-state index contributed by atoms with van der Waals surface area (Å²) >= 11 is 3.36. The van der Waals surface area contributed by atoms with Crippen LogP contribution in [0.15, 0.2) is 10.5 Å². The minimum atomic E-state index is -0.375. The van der Waals surface area contributed by atoms with Gasteiger partial charge in [-0.15, -0.1) is 0 Å². The van der Waals surface area contributed by atoms with E-state index in [9.17, 15) is 4.79 Å². The van der Waals surface area contributed by atoms with E-state index in [1.165, 1.54) is 20.0 Å². The fraction of sp³-hybridized carbons (Fsp3) is 0.571. The monoisotopic (exact) mass is 342 g/mol. The molecule has 0 N–H and O–H groups in total. The minimum Gasteiger partial charge on any atom is -0.480 e. The number of carbonyl (C=O) groups is 1. The van der Waals surface area contributed by atoms with Crippen molar-refractivity contribution in [2.45, 2.75) is 25.7 Å². The van der Waals surface area contributed by atoms with E-state index < -0.39 is 0 Å². The lowest BCUT2D eigenvalue weighted by atomic mass is 10.2. The Balaban J connectivity index is 2.43. The van der Waals surface area contributed by atoms with Gasteiger partial charge in [0.15, 0.2) is 0 Å². The van der Waals surface area contributed by atoms with E-state index >= 15 is 0 Å². The van der Waals surface area contributed by atoms with Crippen molar-refractivity contribution in [2.24, 2.45) is 0 Å². The molecule has 2 heterocycles. The van der Waals surface area contributed by atoms with Crippen molar-refractivity contribution in [3.8, 4) is 5.88 Å². The van der Waals surface area contributed by atoms with Gasteiger partial charge in [0.25, 0.3) is 0 Å². The van der Waals surface area contributed by atoms with E-state index in [0.717, 1.165) is 25.9 Å². The highest BCUT2D eigenvalue weighted by Crippen LogP contribution is 2.31. The summed E-state index contributed by atoms with van der Waals surface area (Å²) in [4.78, 5) is 18.6. The van der Waals surface area contributed by atoms with Crippen LogP contribution in [-0.4, -0.2) is 38.3 Å². The zero-order chi connectivity index (χ0) is 14.5. The zero-order valence-electron chi connectivity index (χ0n) is 11.8. The van der Waals surface area contributed by atoms with Crippen LogP contribution in [0.4, 0.5) is 5.82 Å². The summed E-state index contributed by atoms with van der Waals surface area (Å²) in [6.45, 7) is 1.81. The van der Waals surface area contributed by atoms with Crippen LogP contribution in [0.3, 0.4) is 0 Å². The lowest BCUT2D eigenvalue weighted by Crippen LogP contribution is -2.27. The summed E-state index contributed by atoms with van der Waals surface area (Å²) in [5.74, 6) is 0.760. The summed E-state index contributed by atoms with van der Waals surface area (Å²) < 4.78 is 10.8. The van der Waals surface area contributed by atoms with Crippen molar-refractivity contribution in [3.05, 3.63) is 16.1 Å². The van der Waals surface area contributed by atoms with Gasteiger partial charge in [-0.1, -0.05) is 12.8 Å². The Kier molecular flexibility index (Phi) is 5.23. The van der Waals surface area contributed by atoms with Crippen molar-refractivity contribution in [1.29, 1.82) is 0 Å². The molecule has 0 spiro atoms. The summed E-state index contributed by atoms with van der Waals surface area (Å²) in [6, 6.07) is 1.72. The number of aromatic nitrogens is 1. The number of anilines is 1. The van der Waals surface area contributed by atoms with E-state index in [2.05, 4.69) is 25.8 Å². The average molecular weight is 343 g/mol. The maximum absolute atomic E-state index is 12.0. The summed E-state index contributed by atoms with van der Waals surface area (Å²) in [5, 5.41) is 0. The normalized spacial score (nSPS) is 15.7. The van der Waals surface area contributed by atoms with Gasteiger partial charge in [-0.2, -0.15) is 4.98 Å². The topological polar surface area (TPSA) is 51.7 Å². The molecule has 1 aromatic heterocycles. The second-order valence-corrected chi connectivity index (χ2v) is 5.60. The molecule has 0 unspecified atom stereocenters. The molecular formula is C14H19BrN2O3. The van der Waals surface area contributed by atoms with Crippen molar-refractivity contribution in [2.75, 3.05) is 32.2 Å². The Hall–Kier alpha value is -1.30. The molecule has 2 rings (SSSR count). The van der Waals surface area contributed by atoms with Crippen LogP contribution < -0.4 is 9.64 Å². The molecule has 1 aromatic rings. The quantitative estimate of drug-likeness (QED) is 0.790. The fourth-order valence-electron chi connectivity index (χ4n) is 2.39. The molecule has 0 bridgehead atoms. The zero-order valence-corrected chi connectivity index (χ0v) is 13.4. The number of hydrogen-bond acceptors (Lipinski definition) is 5. The molecule has 1 saturated heterocycles. The van der Waals surface area contributed by atoms with Gasteiger partial charge in [-0.05, 0) is 34.8 Å². The van der Waals surface area contributed by atoms with E-state index in [0.29, 0.717) is 21.7 Å². The van der Waals surface area contributed by atoms with Gasteiger partial charge in [0.1, 0.15) is 11.4 Å². The SMILES string of the molecule is COC(=O)c1cc(Br)c(OC)nc1N1CCCCCC1. The molecule has 0 aliphatic carbocycles. The van der Waals surface area contributed by atoms with Gasteiger partial charge in [0, 0.05) is 13.1 Å². The van der Waals surface area contributed by atoms with Crippen LogP contribution in [0.1, 0.15) is 36.0 Å². The molecule has 0 radical (unpaired) electrons. The minimum absolute atomic E-state index is 0.375. The molecule has 1 fully saturated rings. The average Bonchev–Trinajstić information content (AvgIpc) is 2.75. The fourth-order valence-corrected chi connectivity index (χ4v) is 2.87. The lowest BCUT2D eigenvalue weighted by molar-refractivity contribution is 0.0601. The van der Waals surface area contributed by atoms with Gasteiger partial charge < -0.3 is 14.4 Å². The van der Waals surface area contributed by atoms with Gasteiger partial charge in [-0.3, -0.25) is 0 Å². The number of hydrogen-bond donors (Lipinski definition) is 0. The van der Waals surface area contributed by atoms with E-state index in [1.54, 1.807) is 13.2 Å². The van der Waals surface area contributed by atoms with E-state index in [4.69, 9.17) is 9.47 Å². The maximum Gasteiger partial charge on any atom is 0.341 e. The predicted octanol–water partition coefficient (Wildman–Crippen LogP) is 3.02. The molecule has 1 aliphatic rings. The van der Waals surface area contributed by atoms with Crippen molar-refractivity contribution in [3.63, 3.8) is 0 Å². The first kappa shape index (κ1) is 15.1. The van der Waals surface area contributed by atoms with Crippen LogP contribution in [0, 0.1) is 0 Å². The first-order valence-corrected chi connectivity index (χ1v) is 7.54. The molecule has 5 nitrogen and oxygen atoms in total. The first-order valence-electron chi connectivity index (χ1n) is 6.75.